The van der Waals surface area contributed by atoms with E-state index in [1.54, 1.807) is 0 Å². The number of hydrogen-bond donors (Lipinski definition) is 0. The summed E-state index contributed by atoms with van der Waals surface area (Å²) < 4.78 is 5.91. The maximum Gasteiger partial charge on any atom is 0.247 e. The largest absolute Gasteiger partial charge is 0.419 e. The molecular formula is C22H25N3O. The Morgan fingerprint density at radius 2 is 1.81 bits per heavy atom. The molecule has 0 spiro atoms. The van der Waals surface area contributed by atoms with E-state index in [9.17, 15) is 0 Å². The maximum atomic E-state index is 5.91. The van der Waals surface area contributed by atoms with Crippen LogP contribution in [-0.2, 0) is 13.0 Å². The zero-order valence-electron chi connectivity index (χ0n) is 15.4. The number of likely N-dealkylation sites (tertiary alicyclic amines) is 1. The van der Waals surface area contributed by atoms with E-state index >= 15 is 0 Å². The molecule has 0 N–H and O–H groups in total. The molecule has 1 saturated heterocycles. The van der Waals surface area contributed by atoms with Gasteiger partial charge in [0.2, 0.25) is 11.8 Å². The van der Waals surface area contributed by atoms with Gasteiger partial charge in [0.1, 0.15) is 0 Å². The van der Waals surface area contributed by atoms with Crippen molar-refractivity contribution in [1.29, 1.82) is 0 Å². The summed E-state index contributed by atoms with van der Waals surface area (Å²) in [7, 11) is 0. The van der Waals surface area contributed by atoms with E-state index in [0.717, 1.165) is 25.1 Å². The number of benzene rings is 2. The molecule has 4 nitrogen and oxygen atoms in total. The Labute approximate surface area is 154 Å². The van der Waals surface area contributed by atoms with E-state index in [1.165, 1.54) is 17.5 Å². The van der Waals surface area contributed by atoms with Crippen LogP contribution in [0.2, 0.25) is 0 Å². The van der Waals surface area contributed by atoms with Gasteiger partial charge in [0, 0.05) is 11.6 Å². The summed E-state index contributed by atoms with van der Waals surface area (Å²) in [5.74, 6) is 1.98. The first-order valence-electron chi connectivity index (χ1n) is 9.36. The summed E-state index contributed by atoms with van der Waals surface area (Å²) in [6.45, 7) is 6.20. The zero-order valence-corrected chi connectivity index (χ0v) is 15.4. The summed E-state index contributed by atoms with van der Waals surface area (Å²) >= 11 is 0. The monoisotopic (exact) mass is 347 g/mol. The molecular weight excluding hydrogens is 322 g/mol. The van der Waals surface area contributed by atoms with E-state index < -0.39 is 0 Å². The molecule has 1 aliphatic heterocycles. The molecule has 134 valence electrons. The van der Waals surface area contributed by atoms with Gasteiger partial charge in [-0.3, -0.25) is 4.90 Å². The number of aromatic nitrogens is 2. The number of nitrogens with zero attached hydrogens (tertiary/aromatic N) is 3. The van der Waals surface area contributed by atoms with Crippen LogP contribution in [0.1, 0.15) is 30.4 Å². The molecule has 1 aromatic heterocycles. The molecule has 4 rings (SSSR count). The van der Waals surface area contributed by atoms with Crippen LogP contribution in [0.15, 0.2) is 59.0 Å². The highest BCUT2D eigenvalue weighted by Gasteiger charge is 2.31. The van der Waals surface area contributed by atoms with Crippen LogP contribution in [0.3, 0.4) is 0 Å². The first-order chi connectivity index (χ1) is 12.7. The van der Waals surface area contributed by atoms with Crippen LogP contribution < -0.4 is 0 Å². The second kappa shape index (κ2) is 7.42. The molecule has 0 saturated carbocycles. The van der Waals surface area contributed by atoms with Gasteiger partial charge in [-0.2, -0.15) is 0 Å². The first-order valence-corrected chi connectivity index (χ1v) is 9.36. The van der Waals surface area contributed by atoms with Crippen LogP contribution in [0.25, 0.3) is 11.5 Å². The van der Waals surface area contributed by atoms with Crippen molar-refractivity contribution < 1.29 is 4.42 Å². The molecule has 26 heavy (non-hydrogen) atoms. The lowest BCUT2D eigenvalue weighted by molar-refractivity contribution is 0.212. The van der Waals surface area contributed by atoms with Crippen molar-refractivity contribution in [3.63, 3.8) is 0 Å². The minimum absolute atomic E-state index is 0.518. The molecule has 0 radical (unpaired) electrons. The SMILES string of the molecule is Cc1ccc(-c2nnc(CN3CCC(Cc4ccccc4)C3C)o2)cc1. The van der Waals surface area contributed by atoms with Crippen LogP contribution in [0.4, 0.5) is 0 Å². The van der Waals surface area contributed by atoms with E-state index in [1.807, 2.05) is 12.1 Å². The highest BCUT2D eigenvalue weighted by molar-refractivity contribution is 5.52. The smallest absolute Gasteiger partial charge is 0.247 e. The first kappa shape index (κ1) is 17.0. The molecule has 2 atom stereocenters. The van der Waals surface area contributed by atoms with E-state index in [0.29, 0.717) is 23.7 Å². The lowest BCUT2D eigenvalue weighted by Crippen LogP contribution is -2.30. The van der Waals surface area contributed by atoms with Crippen LogP contribution in [0, 0.1) is 12.8 Å². The molecule has 0 aliphatic carbocycles. The van der Waals surface area contributed by atoms with Gasteiger partial charge in [-0.1, -0.05) is 48.0 Å². The second-order valence-corrected chi connectivity index (χ2v) is 7.32. The molecule has 2 heterocycles. The van der Waals surface area contributed by atoms with Crippen molar-refractivity contribution in [3.05, 3.63) is 71.6 Å². The molecule has 0 amide bonds. The van der Waals surface area contributed by atoms with Gasteiger partial charge in [0.05, 0.1) is 6.54 Å². The Bertz CT molecular complexity index is 841. The molecule has 0 bridgehead atoms. The number of hydrogen-bond acceptors (Lipinski definition) is 4. The minimum atomic E-state index is 0.518. The van der Waals surface area contributed by atoms with Crippen LogP contribution >= 0.6 is 0 Å². The fourth-order valence-electron chi connectivity index (χ4n) is 3.79. The molecule has 1 aliphatic rings. The topological polar surface area (TPSA) is 42.2 Å². The molecule has 2 unspecified atom stereocenters. The molecule has 3 aromatic rings. The fourth-order valence-corrected chi connectivity index (χ4v) is 3.79. The lowest BCUT2D eigenvalue weighted by atomic mass is 9.93. The summed E-state index contributed by atoms with van der Waals surface area (Å²) in [5, 5.41) is 8.49. The van der Waals surface area contributed by atoms with Crippen molar-refractivity contribution in [2.45, 2.75) is 39.3 Å². The zero-order chi connectivity index (χ0) is 17.9. The van der Waals surface area contributed by atoms with Crippen LogP contribution in [0.5, 0.6) is 0 Å². The van der Waals surface area contributed by atoms with Crippen molar-refractivity contribution >= 4 is 0 Å². The van der Waals surface area contributed by atoms with Crippen molar-refractivity contribution in [2.75, 3.05) is 6.54 Å². The average molecular weight is 347 g/mol. The number of rotatable bonds is 5. The third kappa shape index (κ3) is 3.70. The van der Waals surface area contributed by atoms with Gasteiger partial charge >= 0.3 is 0 Å². The van der Waals surface area contributed by atoms with Gasteiger partial charge in [-0.15, -0.1) is 10.2 Å². The van der Waals surface area contributed by atoms with E-state index in [2.05, 4.69) is 71.4 Å². The Balaban J connectivity index is 1.39. The standard InChI is InChI=1S/C22H25N3O/c1-16-8-10-19(11-9-16)22-24-23-21(26-22)15-25-13-12-20(17(25)2)14-18-6-4-3-5-7-18/h3-11,17,20H,12-15H2,1-2H3. The van der Waals surface area contributed by atoms with Gasteiger partial charge in [-0.05, 0) is 56.8 Å². The molecule has 1 fully saturated rings. The second-order valence-electron chi connectivity index (χ2n) is 7.32. The van der Waals surface area contributed by atoms with Gasteiger partial charge in [0.25, 0.3) is 0 Å². The normalized spacial score (nSPS) is 20.5. The fraction of sp³-hybridized carbons (Fsp3) is 0.364. The third-order valence-electron chi connectivity index (χ3n) is 5.49. The maximum absolute atomic E-state index is 5.91. The summed E-state index contributed by atoms with van der Waals surface area (Å²) in [4.78, 5) is 2.46. The van der Waals surface area contributed by atoms with Crippen molar-refractivity contribution in [2.24, 2.45) is 5.92 Å². The van der Waals surface area contributed by atoms with Crippen molar-refractivity contribution in [3.8, 4) is 11.5 Å². The highest BCUT2D eigenvalue weighted by Crippen LogP contribution is 2.29. The minimum Gasteiger partial charge on any atom is -0.419 e. The van der Waals surface area contributed by atoms with Gasteiger partial charge in [-0.25, -0.2) is 0 Å². The summed E-state index contributed by atoms with van der Waals surface area (Å²) in [6, 6.07) is 19.5. The summed E-state index contributed by atoms with van der Waals surface area (Å²) in [5.41, 5.74) is 3.63. The predicted molar refractivity (Wildman–Crippen MR) is 103 cm³/mol. The Kier molecular flexibility index (Phi) is 4.85. The summed E-state index contributed by atoms with van der Waals surface area (Å²) in [6.07, 6.45) is 2.35. The Morgan fingerprint density at radius 1 is 1.04 bits per heavy atom. The van der Waals surface area contributed by atoms with Gasteiger partial charge < -0.3 is 4.42 Å². The molecule has 2 aromatic carbocycles. The predicted octanol–water partition coefficient (Wildman–Crippen LogP) is 4.50. The lowest BCUT2D eigenvalue weighted by Gasteiger charge is -2.23. The van der Waals surface area contributed by atoms with Crippen molar-refractivity contribution in [1.82, 2.24) is 15.1 Å². The number of aryl methyl sites for hydroxylation is 1. The third-order valence-corrected chi connectivity index (χ3v) is 5.49. The van der Waals surface area contributed by atoms with E-state index in [4.69, 9.17) is 4.42 Å². The Morgan fingerprint density at radius 3 is 2.58 bits per heavy atom. The van der Waals surface area contributed by atoms with Crippen LogP contribution in [-0.4, -0.2) is 27.7 Å². The quantitative estimate of drug-likeness (QED) is 0.681. The average Bonchev–Trinajstić information content (AvgIpc) is 3.26. The molecule has 4 heteroatoms. The van der Waals surface area contributed by atoms with Gasteiger partial charge in [0.15, 0.2) is 0 Å². The Hall–Kier alpha value is -2.46. The highest BCUT2D eigenvalue weighted by atomic mass is 16.4. The van der Waals surface area contributed by atoms with E-state index in [-0.39, 0.29) is 0 Å².